The monoisotopic (exact) mass is 558 g/mol. The van der Waals surface area contributed by atoms with Gasteiger partial charge in [-0.25, -0.2) is 14.8 Å². The second-order valence-electron chi connectivity index (χ2n) is 11.4. The Hall–Kier alpha value is -4.67. The molecular formula is C30H34N6O5. The number of carbonyl (C=O) groups excluding carboxylic acids is 2. The molecule has 1 fully saturated rings. The number of hydrogen-bond donors (Lipinski definition) is 4. The highest BCUT2D eigenvalue weighted by Gasteiger charge is 2.45. The van der Waals surface area contributed by atoms with E-state index < -0.39 is 29.5 Å². The molecule has 214 valence electrons. The van der Waals surface area contributed by atoms with Crippen molar-refractivity contribution in [2.24, 2.45) is 5.41 Å². The molecule has 3 heterocycles. The molecule has 2 aliphatic rings. The molecule has 0 bridgehead atoms. The van der Waals surface area contributed by atoms with E-state index in [4.69, 9.17) is 10.5 Å². The molecule has 1 aromatic heterocycles. The fourth-order valence-corrected chi connectivity index (χ4v) is 5.72. The van der Waals surface area contributed by atoms with Gasteiger partial charge >= 0.3 is 6.09 Å². The summed E-state index contributed by atoms with van der Waals surface area (Å²) in [6, 6.07) is 13.6. The highest BCUT2D eigenvalue weighted by Crippen LogP contribution is 2.34. The fourth-order valence-electron chi connectivity index (χ4n) is 5.72. The van der Waals surface area contributed by atoms with E-state index in [0.717, 1.165) is 11.3 Å². The number of amides is 3. The van der Waals surface area contributed by atoms with Gasteiger partial charge in [0.25, 0.3) is 11.8 Å². The van der Waals surface area contributed by atoms with Gasteiger partial charge in [-0.15, -0.1) is 0 Å². The second kappa shape index (κ2) is 11.1. The first-order chi connectivity index (χ1) is 19.5. The molecule has 0 aliphatic carbocycles. The van der Waals surface area contributed by atoms with Crippen molar-refractivity contribution in [2.75, 3.05) is 18.9 Å². The normalized spacial score (nSPS) is 20.1. The number of benzene rings is 2. The number of rotatable bonds is 5. The summed E-state index contributed by atoms with van der Waals surface area (Å²) in [5, 5.41) is 15.7. The summed E-state index contributed by atoms with van der Waals surface area (Å²) in [6.45, 7) is 6.65. The Labute approximate surface area is 238 Å². The number of carbonyl (C=O) groups is 3. The Balaban J connectivity index is 1.34. The summed E-state index contributed by atoms with van der Waals surface area (Å²) in [5.41, 5.74) is 7.93. The third-order valence-corrected chi connectivity index (χ3v) is 7.55. The van der Waals surface area contributed by atoms with Crippen molar-refractivity contribution < 1.29 is 24.2 Å². The molecule has 3 atom stereocenters. The summed E-state index contributed by atoms with van der Waals surface area (Å²) < 4.78 is 5.70. The van der Waals surface area contributed by atoms with Gasteiger partial charge in [0, 0.05) is 29.7 Å². The zero-order chi connectivity index (χ0) is 29.3. The molecule has 3 aromatic rings. The Kier molecular flexibility index (Phi) is 7.53. The van der Waals surface area contributed by atoms with Gasteiger partial charge in [-0.1, -0.05) is 51.1 Å². The van der Waals surface area contributed by atoms with Gasteiger partial charge in [0.1, 0.15) is 5.75 Å². The lowest BCUT2D eigenvalue weighted by Gasteiger charge is -2.37. The van der Waals surface area contributed by atoms with Crippen LogP contribution in [0.25, 0.3) is 11.3 Å². The van der Waals surface area contributed by atoms with E-state index >= 15 is 0 Å². The number of anilines is 1. The lowest BCUT2D eigenvalue weighted by Crippen LogP contribution is -2.53. The molecule has 2 unspecified atom stereocenters. The topological polar surface area (TPSA) is 160 Å². The summed E-state index contributed by atoms with van der Waals surface area (Å²) in [5.74, 6) is -0.0515. The van der Waals surface area contributed by atoms with E-state index in [-0.39, 0.29) is 23.5 Å². The van der Waals surface area contributed by atoms with E-state index in [1.807, 2.05) is 45.0 Å². The Morgan fingerprint density at radius 2 is 1.83 bits per heavy atom. The SMILES string of the molecule is CC(C)(C)C1[C@@H](NC(=O)c2nc(-c3cccc(C(=O)NC4CCOc5ccccc54)c3)cnc2N)CCN1C(=O)O. The molecule has 1 saturated heterocycles. The number of carboxylic acid groups (broad SMARTS) is 1. The lowest BCUT2D eigenvalue weighted by molar-refractivity contribution is 0.0823. The molecule has 0 saturated carbocycles. The summed E-state index contributed by atoms with van der Waals surface area (Å²) in [7, 11) is 0. The van der Waals surface area contributed by atoms with Gasteiger partial charge in [0.2, 0.25) is 0 Å². The highest BCUT2D eigenvalue weighted by atomic mass is 16.5. The number of ether oxygens (including phenoxy) is 1. The first-order valence-corrected chi connectivity index (χ1v) is 13.6. The molecule has 11 heteroatoms. The van der Waals surface area contributed by atoms with Crippen LogP contribution < -0.4 is 21.1 Å². The number of aromatic nitrogens is 2. The molecular weight excluding hydrogens is 524 g/mol. The predicted molar refractivity (Wildman–Crippen MR) is 152 cm³/mol. The van der Waals surface area contributed by atoms with Crippen molar-refractivity contribution in [3.8, 4) is 17.0 Å². The van der Waals surface area contributed by atoms with Crippen molar-refractivity contribution in [3.05, 3.63) is 71.5 Å². The number of nitrogen functional groups attached to an aromatic ring is 1. The zero-order valence-electron chi connectivity index (χ0n) is 23.3. The average Bonchev–Trinajstić information content (AvgIpc) is 3.38. The van der Waals surface area contributed by atoms with Crippen molar-refractivity contribution in [2.45, 2.75) is 51.7 Å². The second-order valence-corrected chi connectivity index (χ2v) is 11.4. The van der Waals surface area contributed by atoms with Crippen LogP contribution in [0.2, 0.25) is 0 Å². The van der Waals surface area contributed by atoms with Crippen LogP contribution in [0.1, 0.15) is 66.1 Å². The number of fused-ring (bicyclic) bond motifs is 1. The van der Waals surface area contributed by atoms with E-state index in [1.165, 1.54) is 11.1 Å². The summed E-state index contributed by atoms with van der Waals surface area (Å²) in [6.07, 6.45) is 1.57. The molecule has 41 heavy (non-hydrogen) atoms. The zero-order valence-corrected chi connectivity index (χ0v) is 23.3. The number of nitrogens with two attached hydrogens (primary N) is 1. The Morgan fingerprint density at radius 3 is 2.59 bits per heavy atom. The van der Waals surface area contributed by atoms with E-state index in [9.17, 15) is 19.5 Å². The minimum atomic E-state index is -1.02. The quantitative estimate of drug-likeness (QED) is 0.367. The smallest absolute Gasteiger partial charge is 0.407 e. The van der Waals surface area contributed by atoms with Crippen LogP contribution in [0.15, 0.2) is 54.7 Å². The van der Waals surface area contributed by atoms with Gasteiger partial charge in [-0.3, -0.25) is 9.59 Å². The molecule has 3 amide bonds. The Bertz CT molecular complexity index is 1490. The van der Waals surface area contributed by atoms with Gasteiger partial charge in [0.15, 0.2) is 11.5 Å². The summed E-state index contributed by atoms with van der Waals surface area (Å²) >= 11 is 0. The minimum Gasteiger partial charge on any atom is -0.493 e. The first kappa shape index (κ1) is 27.9. The number of para-hydroxylation sites is 1. The van der Waals surface area contributed by atoms with E-state index in [0.29, 0.717) is 42.8 Å². The first-order valence-electron chi connectivity index (χ1n) is 13.6. The van der Waals surface area contributed by atoms with Crippen LogP contribution in [-0.2, 0) is 0 Å². The van der Waals surface area contributed by atoms with Gasteiger partial charge in [-0.05, 0) is 30.0 Å². The highest BCUT2D eigenvalue weighted by molar-refractivity contribution is 5.98. The number of likely N-dealkylation sites (tertiary alicyclic amines) is 1. The third kappa shape index (κ3) is 5.79. The van der Waals surface area contributed by atoms with Crippen molar-refractivity contribution in [1.29, 1.82) is 0 Å². The van der Waals surface area contributed by atoms with Crippen LogP contribution in [0, 0.1) is 5.41 Å². The largest absolute Gasteiger partial charge is 0.493 e. The molecule has 11 nitrogen and oxygen atoms in total. The maximum Gasteiger partial charge on any atom is 0.407 e. The molecule has 2 aliphatic heterocycles. The predicted octanol–water partition coefficient (Wildman–Crippen LogP) is 3.88. The standard InChI is InChI=1S/C30H34N6O5/c1-30(2,3)25-21(11-13-36(25)29(39)40)35-28(38)24-26(31)32-16-22(33-24)17-7-6-8-18(15-17)27(37)34-20-12-14-41-23-10-5-4-9-19(20)23/h4-10,15-16,20-21,25H,11-14H2,1-3H3,(H2,31,32)(H,34,37)(H,35,38)(H,39,40)/t20?,21-,25?/m0/s1. The Morgan fingerprint density at radius 1 is 1.05 bits per heavy atom. The van der Waals surface area contributed by atoms with E-state index in [1.54, 1.807) is 24.3 Å². The number of nitrogens with one attached hydrogen (secondary N) is 2. The van der Waals surface area contributed by atoms with Crippen LogP contribution in [0.4, 0.5) is 10.6 Å². The minimum absolute atomic E-state index is 0.0428. The van der Waals surface area contributed by atoms with Crippen molar-refractivity contribution in [3.63, 3.8) is 0 Å². The molecule has 2 aromatic carbocycles. The maximum absolute atomic E-state index is 13.3. The number of nitrogens with zero attached hydrogens (tertiary/aromatic N) is 3. The van der Waals surface area contributed by atoms with Crippen LogP contribution >= 0.6 is 0 Å². The van der Waals surface area contributed by atoms with Gasteiger partial charge < -0.3 is 31.1 Å². The van der Waals surface area contributed by atoms with Crippen molar-refractivity contribution in [1.82, 2.24) is 25.5 Å². The molecule has 0 spiro atoms. The van der Waals surface area contributed by atoms with Crippen LogP contribution in [0.3, 0.4) is 0 Å². The van der Waals surface area contributed by atoms with Crippen LogP contribution in [-0.4, -0.2) is 63.1 Å². The van der Waals surface area contributed by atoms with Crippen molar-refractivity contribution >= 4 is 23.7 Å². The average molecular weight is 559 g/mol. The lowest BCUT2D eigenvalue weighted by atomic mass is 9.82. The fraction of sp³-hybridized carbons (Fsp3) is 0.367. The molecule has 0 radical (unpaired) electrons. The molecule has 5 N–H and O–H groups in total. The summed E-state index contributed by atoms with van der Waals surface area (Å²) in [4.78, 5) is 48.4. The maximum atomic E-state index is 13.3. The van der Waals surface area contributed by atoms with E-state index in [2.05, 4.69) is 20.6 Å². The van der Waals surface area contributed by atoms with Gasteiger partial charge in [0.05, 0.1) is 36.6 Å². The number of hydrogen-bond acceptors (Lipinski definition) is 7. The molecule has 5 rings (SSSR count). The van der Waals surface area contributed by atoms with Crippen LogP contribution in [0.5, 0.6) is 5.75 Å². The van der Waals surface area contributed by atoms with Gasteiger partial charge in [-0.2, -0.15) is 0 Å². The third-order valence-electron chi connectivity index (χ3n) is 7.55.